The first-order valence-electron chi connectivity index (χ1n) is 7.91. The summed E-state index contributed by atoms with van der Waals surface area (Å²) in [5.74, 6) is -0.388. The number of halogens is 2. The molecule has 0 radical (unpaired) electrons. The van der Waals surface area contributed by atoms with Crippen molar-refractivity contribution in [3.63, 3.8) is 0 Å². The van der Waals surface area contributed by atoms with Crippen molar-refractivity contribution in [2.24, 2.45) is 0 Å². The highest BCUT2D eigenvalue weighted by Gasteiger charge is 2.25. The second-order valence-corrected chi connectivity index (χ2v) is 6.55. The summed E-state index contributed by atoms with van der Waals surface area (Å²) in [6.07, 6.45) is 0.134. The maximum atomic E-state index is 12.9. The highest BCUT2D eigenvalue weighted by Crippen LogP contribution is 2.19. The van der Waals surface area contributed by atoms with Gasteiger partial charge in [0, 0.05) is 23.6 Å². The summed E-state index contributed by atoms with van der Waals surface area (Å²) < 4.78 is 0. The van der Waals surface area contributed by atoms with E-state index in [0.717, 1.165) is 11.1 Å². The Bertz CT molecular complexity index is 747. The average Bonchev–Trinajstić information content (AvgIpc) is 2.61. The van der Waals surface area contributed by atoms with Crippen LogP contribution in [0.1, 0.15) is 18.1 Å². The molecule has 0 aliphatic rings. The lowest BCUT2D eigenvalue weighted by atomic mass is 10.1. The van der Waals surface area contributed by atoms with Gasteiger partial charge in [-0.15, -0.1) is 0 Å². The maximum Gasteiger partial charge on any atom is 0.242 e. The minimum absolute atomic E-state index is 0.134. The fourth-order valence-corrected chi connectivity index (χ4v) is 2.81. The van der Waals surface area contributed by atoms with E-state index in [1.54, 1.807) is 37.1 Å². The Morgan fingerprint density at radius 1 is 1.08 bits per heavy atom. The lowest BCUT2D eigenvalue weighted by Crippen LogP contribution is -2.47. The van der Waals surface area contributed by atoms with Crippen LogP contribution < -0.4 is 5.32 Å². The Labute approximate surface area is 157 Å². The number of nitrogens with zero attached hydrogens (tertiary/aromatic N) is 1. The SMILES string of the molecule is CNC(=O)[C@@H](C)N(Cc1ccc(Cl)cc1)C(=O)Cc1ccccc1Cl. The van der Waals surface area contributed by atoms with E-state index in [1.807, 2.05) is 30.3 Å². The lowest BCUT2D eigenvalue weighted by Gasteiger charge is -2.28. The Balaban J connectivity index is 2.23. The van der Waals surface area contributed by atoms with E-state index >= 15 is 0 Å². The lowest BCUT2D eigenvalue weighted by molar-refractivity contribution is -0.139. The molecule has 0 bridgehead atoms. The summed E-state index contributed by atoms with van der Waals surface area (Å²) in [7, 11) is 1.55. The molecule has 132 valence electrons. The molecule has 2 aromatic rings. The average molecular weight is 379 g/mol. The van der Waals surface area contributed by atoms with Crippen LogP contribution in [0.3, 0.4) is 0 Å². The van der Waals surface area contributed by atoms with Gasteiger partial charge in [0.1, 0.15) is 6.04 Å². The monoisotopic (exact) mass is 378 g/mol. The van der Waals surface area contributed by atoms with Gasteiger partial charge in [0.15, 0.2) is 0 Å². The highest BCUT2D eigenvalue weighted by molar-refractivity contribution is 6.31. The smallest absolute Gasteiger partial charge is 0.242 e. The summed E-state index contributed by atoms with van der Waals surface area (Å²) >= 11 is 12.1. The van der Waals surface area contributed by atoms with Gasteiger partial charge in [-0.1, -0.05) is 53.5 Å². The molecular weight excluding hydrogens is 359 g/mol. The minimum atomic E-state index is -0.601. The molecule has 0 spiro atoms. The summed E-state index contributed by atoms with van der Waals surface area (Å²) in [6, 6.07) is 13.8. The Kier molecular flexibility index (Phi) is 6.85. The third-order valence-electron chi connectivity index (χ3n) is 3.98. The van der Waals surface area contributed by atoms with Crippen LogP contribution in [0.2, 0.25) is 10.0 Å². The van der Waals surface area contributed by atoms with Crippen molar-refractivity contribution in [2.75, 3.05) is 7.05 Å². The van der Waals surface area contributed by atoms with Crippen LogP contribution in [-0.4, -0.2) is 29.8 Å². The molecular formula is C19H20Cl2N2O2. The van der Waals surface area contributed by atoms with Crippen LogP contribution >= 0.6 is 23.2 Å². The van der Waals surface area contributed by atoms with Gasteiger partial charge in [0.25, 0.3) is 0 Å². The highest BCUT2D eigenvalue weighted by atomic mass is 35.5. The Morgan fingerprint density at radius 3 is 2.32 bits per heavy atom. The molecule has 25 heavy (non-hydrogen) atoms. The van der Waals surface area contributed by atoms with E-state index in [-0.39, 0.29) is 18.2 Å². The number of benzene rings is 2. The second-order valence-electron chi connectivity index (χ2n) is 5.71. The molecule has 0 aromatic heterocycles. The number of hydrogen-bond acceptors (Lipinski definition) is 2. The Hall–Kier alpha value is -2.04. The first-order chi connectivity index (χ1) is 11.9. The molecule has 0 aliphatic carbocycles. The summed E-state index contributed by atoms with van der Waals surface area (Å²) in [6.45, 7) is 2.02. The molecule has 0 saturated carbocycles. The second kappa shape index (κ2) is 8.88. The van der Waals surface area contributed by atoms with E-state index in [0.29, 0.717) is 16.6 Å². The van der Waals surface area contributed by atoms with Crippen molar-refractivity contribution in [1.82, 2.24) is 10.2 Å². The van der Waals surface area contributed by atoms with Crippen LogP contribution in [0.5, 0.6) is 0 Å². The number of likely N-dealkylation sites (N-methyl/N-ethyl adjacent to an activating group) is 1. The van der Waals surface area contributed by atoms with Crippen LogP contribution in [0.15, 0.2) is 48.5 Å². The normalized spacial score (nSPS) is 11.7. The quantitative estimate of drug-likeness (QED) is 0.832. The van der Waals surface area contributed by atoms with E-state index in [9.17, 15) is 9.59 Å². The minimum Gasteiger partial charge on any atom is -0.357 e. The van der Waals surface area contributed by atoms with Gasteiger partial charge in [-0.2, -0.15) is 0 Å². The van der Waals surface area contributed by atoms with Gasteiger partial charge in [-0.05, 0) is 36.2 Å². The molecule has 1 atom stereocenters. The van der Waals surface area contributed by atoms with Gasteiger partial charge in [-0.25, -0.2) is 0 Å². The molecule has 2 rings (SSSR count). The molecule has 0 unspecified atom stereocenters. The van der Waals surface area contributed by atoms with Gasteiger partial charge in [-0.3, -0.25) is 9.59 Å². The fraction of sp³-hybridized carbons (Fsp3) is 0.263. The number of amides is 2. The van der Waals surface area contributed by atoms with Crippen molar-refractivity contribution in [3.05, 3.63) is 69.7 Å². The molecule has 0 aliphatic heterocycles. The third-order valence-corrected chi connectivity index (χ3v) is 4.60. The molecule has 1 N–H and O–H groups in total. The summed E-state index contributed by atoms with van der Waals surface area (Å²) in [5, 5.41) is 3.75. The first kappa shape index (κ1) is 19.3. The molecule has 0 heterocycles. The fourth-order valence-electron chi connectivity index (χ4n) is 2.48. The first-order valence-corrected chi connectivity index (χ1v) is 8.67. The zero-order valence-electron chi connectivity index (χ0n) is 14.1. The van der Waals surface area contributed by atoms with Gasteiger partial charge in [0.2, 0.25) is 11.8 Å². The van der Waals surface area contributed by atoms with Crippen LogP contribution in [0.4, 0.5) is 0 Å². The number of carbonyl (C=O) groups excluding carboxylic acids is 2. The largest absolute Gasteiger partial charge is 0.357 e. The molecule has 2 aromatic carbocycles. The van der Waals surface area contributed by atoms with Gasteiger partial charge in [0.05, 0.1) is 6.42 Å². The summed E-state index contributed by atoms with van der Waals surface area (Å²) in [5.41, 5.74) is 1.63. The van der Waals surface area contributed by atoms with Crippen molar-refractivity contribution >= 4 is 35.0 Å². The third kappa shape index (κ3) is 5.21. The predicted molar refractivity (Wildman–Crippen MR) is 101 cm³/mol. The van der Waals surface area contributed by atoms with Crippen LogP contribution in [0.25, 0.3) is 0 Å². The van der Waals surface area contributed by atoms with E-state index in [1.165, 1.54) is 0 Å². The topological polar surface area (TPSA) is 49.4 Å². The van der Waals surface area contributed by atoms with Gasteiger partial charge < -0.3 is 10.2 Å². The summed E-state index contributed by atoms with van der Waals surface area (Å²) in [4.78, 5) is 26.5. The number of rotatable bonds is 6. The van der Waals surface area contributed by atoms with Crippen molar-refractivity contribution in [3.8, 4) is 0 Å². The Morgan fingerprint density at radius 2 is 1.72 bits per heavy atom. The maximum absolute atomic E-state index is 12.9. The van der Waals surface area contributed by atoms with E-state index < -0.39 is 6.04 Å². The van der Waals surface area contributed by atoms with Crippen LogP contribution in [-0.2, 0) is 22.6 Å². The van der Waals surface area contributed by atoms with Gasteiger partial charge >= 0.3 is 0 Å². The molecule has 4 nitrogen and oxygen atoms in total. The molecule has 6 heteroatoms. The van der Waals surface area contributed by atoms with E-state index in [4.69, 9.17) is 23.2 Å². The molecule has 2 amide bonds. The molecule has 0 saturated heterocycles. The zero-order chi connectivity index (χ0) is 18.4. The predicted octanol–water partition coefficient (Wildman–Crippen LogP) is 3.70. The van der Waals surface area contributed by atoms with Crippen molar-refractivity contribution in [1.29, 1.82) is 0 Å². The standard InChI is InChI=1S/C19H20Cl2N2O2/c1-13(19(25)22-2)23(12-14-7-9-16(20)10-8-14)18(24)11-15-5-3-4-6-17(15)21/h3-10,13H,11-12H2,1-2H3,(H,22,25)/t13-/m1/s1. The number of carbonyl (C=O) groups is 2. The number of hydrogen-bond donors (Lipinski definition) is 1. The zero-order valence-corrected chi connectivity index (χ0v) is 15.6. The van der Waals surface area contributed by atoms with E-state index in [2.05, 4.69) is 5.32 Å². The van der Waals surface area contributed by atoms with Crippen molar-refractivity contribution < 1.29 is 9.59 Å². The molecule has 0 fully saturated rings. The van der Waals surface area contributed by atoms with Crippen LogP contribution in [0, 0.1) is 0 Å². The van der Waals surface area contributed by atoms with Crippen molar-refractivity contribution in [2.45, 2.75) is 25.9 Å². The number of nitrogens with one attached hydrogen (secondary N) is 1.